The fourth-order valence-electron chi connectivity index (χ4n) is 6.08. The molecule has 0 rings (SSSR count). The molecule has 1 N–H and O–H groups in total. The van der Waals surface area contributed by atoms with Gasteiger partial charge in [0.15, 0.2) is 6.10 Å². The number of hydrogen-bond acceptors (Lipinski definition) is 7. The van der Waals surface area contributed by atoms with Gasteiger partial charge in [-0.1, -0.05) is 166 Å². The Morgan fingerprint density at radius 2 is 0.964 bits per heavy atom. The summed E-state index contributed by atoms with van der Waals surface area (Å²) in [5.74, 6) is -0.819. The molecule has 56 heavy (non-hydrogen) atoms. The van der Waals surface area contributed by atoms with Crippen LogP contribution in [0.5, 0.6) is 0 Å². The molecule has 0 spiro atoms. The number of phosphoric acid groups is 1. The molecule has 0 radical (unpaired) electrons. The third-order valence-corrected chi connectivity index (χ3v) is 10.7. The Labute approximate surface area is 344 Å². The van der Waals surface area contributed by atoms with Crippen LogP contribution in [0, 0.1) is 0 Å². The number of unbranched alkanes of at least 4 members (excludes halogenated alkanes) is 21. The SMILES string of the molecule is CCCCC/C=C\C/C=C\C/C=C\CCCCCCC(=O)OC[C@H](COP(=O)(O)OCC[N+](C)(C)C)OC(=O)CCCCCCCCCCCCCCCCC. The van der Waals surface area contributed by atoms with Crippen molar-refractivity contribution in [1.82, 2.24) is 0 Å². The average Bonchev–Trinajstić information content (AvgIpc) is 3.15. The van der Waals surface area contributed by atoms with Gasteiger partial charge in [0.25, 0.3) is 0 Å². The maximum absolute atomic E-state index is 12.7. The number of ether oxygens (including phenoxy) is 2. The van der Waals surface area contributed by atoms with Gasteiger partial charge in [-0.2, -0.15) is 0 Å². The monoisotopic (exact) mass is 813 g/mol. The Kier molecular flexibility index (Phi) is 37.5. The smallest absolute Gasteiger partial charge is 0.462 e. The maximum Gasteiger partial charge on any atom is 0.472 e. The zero-order valence-corrected chi connectivity index (χ0v) is 37.8. The second-order valence-electron chi connectivity index (χ2n) is 16.4. The number of nitrogens with zero attached hydrogens (tertiary/aromatic N) is 1. The highest BCUT2D eigenvalue weighted by Gasteiger charge is 2.27. The Hall–Kier alpha value is -1.77. The van der Waals surface area contributed by atoms with Crippen LogP contribution in [0.4, 0.5) is 0 Å². The fraction of sp³-hybridized carbons (Fsp3) is 0.826. The summed E-state index contributed by atoms with van der Waals surface area (Å²) in [6.45, 7) is 4.38. The highest BCUT2D eigenvalue weighted by Crippen LogP contribution is 2.43. The van der Waals surface area contributed by atoms with Gasteiger partial charge in [0.1, 0.15) is 19.8 Å². The molecule has 0 aromatic carbocycles. The van der Waals surface area contributed by atoms with Gasteiger partial charge in [0.2, 0.25) is 0 Å². The van der Waals surface area contributed by atoms with Crippen molar-refractivity contribution in [3.63, 3.8) is 0 Å². The third kappa shape index (κ3) is 41.9. The van der Waals surface area contributed by atoms with E-state index in [1.165, 1.54) is 103 Å². The Bertz CT molecular complexity index is 1050. The van der Waals surface area contributed by atoms with Crippen LogP contribution < -0.4 is 0 Å². The Morgan fingerprint density at radius 1 is 0.554 bits per heavy atom. The first-order chi connectivity index (χ1) is 27.0. The molecule has 0 aliphatic heterocycles. The standard InChI is InChI=1S/C46H86NO8P/c1-6-8-10-12-14-16-18-20-22-23-25-26-28-30-32-34-36-38-45(48)52-42-44(43-54-56(50,51)53-41-40-47(3,4)5)55-46(49)39-37-35-33-31-29-27-24-21-19-17-15-13-11-9-7-2/h14,16,20,22,25-26,44H,6-13,15,17-19,21,23-24,27-43H2,1-5H3/p+1/b16-14-,22-20-,26-25-/t44-/m1/s1. The predicted octanol–water partition coefficient (Wildman–Crippen LogP) is 12.9. The first kappa shape index (κ1) is 54.2. The molecular weight excluding hydrogens is 725 g/mol. The summed E-state index contributed by atoms with van der Waals surface area (Å²) in [7, 11) is 1.47. The van der Waals surface area contributed by atoms with Crippen LogP contribution in [0.3, 0.4) is 0 Å². The van der Waals surface area contributed by atoms with Crippen LogP contribution in [0.1, 0.15) is 194 Å². The zero-order chi connectivity index (χ0) is 41.4. The molecule has 0 aromatic heterocycles. The summed E-state index contributed by atoms with van der Waals surface area (Å²) in [5.41, 5.74) is 0. The van der Waals surface area contributed by atoms with E-state index in [0.717, 1.165) is 51.4 Å². The van der Waals surface area contributed by atoms with Crippen molar-refractivity contribution in [3.8, 4) is 0 Å². The maximum atomic E-state index is 12.7. The number of allylic oxidation sites excluding steroid dienone is 6. The van der Waals surface area contributed by atoms with E-state index in [2.05, 4.69) is 50.3 Å². The van der Waals surface area contributed by atoms with Gasteiger partial charge >= 0.3 is 19.8 Å². The van der Waals surface area contributed by atoms with Gasteiger partial charge in [0, 0.05) is 12.8 Å². The van der Waals surface area contributed by atoms with Crippen molar-refractivity contribution in [3.05, 3.63) is 36.5 Å². The topological polar surface area (TPSA) is 108 Å². The lowest BCUT2D eigenvalue weighted by atomic mass is 10.0. The van der Waals surface area contributed by atoms with E-state index < -0.39 is 26.5 Å². The van der Waals surface area contributed by atoms with Crippen LogP contribution >= 0.6 is 7.82 Å². The molecule has 1 unspecified atom stereocenters. The third-order valence-electron chi connectivity index (χ3n) is 9.67. The van der Waals surface area contributed by atoms with Crippen molar-refractivity contribution in [2.75, 3.05) is 47.5 Å². The fourth-order valence-corrected chi connectivity index (χ4v) is 6.82. The predicted molar refractivity (Wildman–Crippen MR) is 234 cm³/mol. The number of rotatable bonds is 41. The van der Waals surface area contributed by atoms with Gasteiger partial charge < -0.3 is 18.9 Å². The Morgan fingerprint density at radius 3 is 1.46 bits per heavy atom. The summed E-state index contributed by atoms with van der Waals surface area (Å²) in [4.78, 5) is 35.4. The highest BCUT2D eigenvalue weighted by molar-refractivity contribution is 7.47. The van der Waals surface area contributed by atoms with E-state index in [1.54, 1.807) is 0 Å². The minimum atomic E-state index is -4.38. The van der Waals surface area contributed by atoms with Crippen molar-refractivity contribution < 1.29 is 42.1 Å². The number of esters is 2. The lowest BCUT2D eigenvalue weighted by Gasteiger charge is -2.24. The lowest BCUT2D eigenvalue weighted by Crippen LogP contribution is -2.37. The van der Waals surface area contributed by atoms with Gasteiger partial charge in [-0.15, -0.1) is 0 Å². The molecule has 0 amide bonds. The first-order valence-corrected chi connectivity index (χ1v) is 24.2. The van der Waals surface area contributed by atoms with E-state index in [0.29, 0.717) is 23.9 Å². The van der Waals surface area contributed by atoms with Crippen LogP contribution in [0.2, 0.25) is 0 Å². The van der Waals surface area contributed by atoms with Gasteiger partial charge in [0.05, 0.1) is 27.7 Å². The van der Waals surface area contributed by atoms with Gasteiger partial charge in [-0.3, -0.25) is 18.6 Å². The number of carbonyl (C=O) groups excluding carboxylic acids is 2. The minimum Gasteiger partial charge on any atom is -0.462 e. The molecule has 2 atom stereocenters. The summed E-state index contributed by atoms with van der Waals surface area (Å²) in [6, 6.07) is 0. The van der Waals surface area contributed by atoms with Crippen molar-refractivity contribution in [1.29, 1.82) is 0 Å². The first-order valence-electron chi connectivity index (χ1n) is 22.7. The molecule has 0 aliphatic rings. The summed E-state index contributed by atoms with van der Waals surface area (Å²) in [5, 5.41) is 0. The number of quaternary nitrogens is 1. The lowest BCUT2D eigenvalue weighted by molar-refractivity contribution is -0.870. The summed E-state index contributed by atoms with van der Waals surface area (Å²) >= 11 is 0. The second kappa shape index (κ2) is 38.7. The molecule has 328 valence electrons. The molecule has 0 aliphatic carbocycles. The van der Waals surface area contributed by atoms with E-state index in [4.69, 9.17) is 18.5 Å². The van der Waals surface area contributed by atoms with E-state index in [1.807, 2.05) is 21.1 Å². The molecule has 0 aromatic rings. The second-order valence-corrected chi connectivity index (χ2v) is 17.9. The molecule has 10 heteroatoms. The number of likely N-dealkylation sites (N-methyl/N-ethyl adjacent to an activating group) is 1. The summed E-state index contributed by atoms with van der Waals surface area (Å²) in [6.07, 6.45) is 43.3. The number of hydrogen-bond donors (Lipinski definition) is 1. The largest absolute Gasteiger partial charge is 0.472 e. The zero-order valence-electron chi connectivity index (χ0n) is 36.9. The average molecular weight is 813 g/mol. The quantitative estimate of drug-likeness (QED) is 0.0214. The van der Waals surface area contributed by atoms with E-state index in [9.17, 15) is 19.0 Å². The molecule has 0 saturated heterocycles. The van der Waals surface area contributed by atoms with E-state index in [-0.39, 0.29) is 32.0 Å². The van der Waals surface area contributed by atoms with Crippen molar-refractivity contribution >= 4 is 19.8 Å². The van der Waals surface area contributed by atoms with Crippen molar-refractivity contribution in [2.24, 2.45) is 0 Å². The van der Waals surface area contributed by atoms with Gasteiger partial charge in [-0.05, 0) is 51.4 Å². The normalized spacial score (nSPS) is 13.9. The summed E-state index contributed by atoms with van der Waals surface area (Å²) < 4.78 is 34.3. The number of carbonyl (C=O) groups is 2. The minimum absolute atomic E-state index is 0.0287. The van der Waals surface area contributed by atoms with Gasteiger partial charge in [-0.25, -0.2) is 4.57 Å². The van der Waals surface area contributed by atoms with Crippen molar-refractivity contribution in [2.45, 2.75) is 200 Å². The highest BCUT2D eigenvalue weighted by atomic mass is 31.2. The Balaban J connectivity index is 4.37. The molecule has 0 bridgehead atoms. The molecule has 0 saturated carbocycles. The molecule has 9 nitrogen and oxygen atoms in total. The molecule has 0 heterocycles. The van der Waals surface area contributed by atoms with Crippen LogP contribution in [-0.2, 0) is 32.7 Å². The molecule has 0 fully saturated rings. The van der Waals surface area contributed by atoms with E-state index >= 15 is 0 Å². The number of phosphoric ester groups is 1. The van der Waals surface area contributed by atoms with Crippen LogP contribution in [0.15, 0.2) is 36.5 Å². The van der Waals surface area contributed by atoms with Crippen LogP contribution in [0.25, 0.3) is 0 Å². The van der Waals surface area contributed by atoms with Crippen LogP contribution in [-0.4, -0.2) is 74.9 Å². The molecular formula is C46H87NO8P+.